The second kappa shape index (κ2) is 11.6. The van der Waals surface area contributed by atoms with Crippen molar-refractivity contribution in [2.75, 3.05) is 52.4 Å². The van der Waals surface area contributed by atoms with Crippen molar-refractivity contribution in [1.29, 1.82) is 0 Å². The van der Waals surface area contributed by atoms with E-state index in [1.165, 1.54) is 22.4 Å². The number of aryl methyl sites for hydroxylation is 1. The van der Waals surface area contributed by atoms with E-state index in [2.05, 4.69) is 89.7 Å². The molecule has 0 aliphatic carbocycles. The summed E-state index contributed by atoms with van der Waals surface area (Å²) >= 11 is 0. The first-order chi connectivity index (χ1) is 15.8. The van der Waals surface area contributed by atoms with Crippen molar-refractivity contribution in [2.24, 2.45) is 4.99 Å². The van der Waals surface area contributed by atoms with Gasteiger partial charge in [-0.05, 0) is 51.3 Å². The van der Waals surface area contributed by atoms with Crippen LogP contribution in [0, 0.1) is 6.92 Å². The molecule has 3 rings (SSSR count). The minimum absolute atomic E-state index is 0.862. The van der Waals surface area contributed by atoms with E-state index < -0.39 is 0 Å². The molecule has 33 heavy (non-hydrogen) atoms. The van der Waals surface area contributed by atoms with E-state index in [0.717, 1.165) is 82.6 Å². The minimum atomic E-state index is 0.862. The molecule has 2 saturated heterocycles. The van der Waals surface area contributed by atoms with Crippen molar-refractivity contribution in [3.8, 4) is 0 Å². The zero-order valence-corrected chi connectivity index (χ0v) is 21.5. The number of hydrogen-bond donors (Lipinski definition) is 0. The summed E-state index contributed by atoms with van der Waals surface area (Å²) in [6.45, 7) is 28.4. The van der Waals surface area contributed by atoms with Crippen molar-refractivity contribution < 1.29 is 0 Å². The van der Waals surface area contributed by atoms with Crippen LogP contribution in [0.25, 0.3) is 5.70 Å². The molecule has 5 nitrogen and oxygen atoms in total. The zero-order valence-electron chi connectivity index (χ0n) is 21.5. The van der Waals surface area contributed by atoms with E-state index in [0.29, 0.717) is 0 Å². The highest BCUT2D eigenvalue weighted by atomic mass is 15.3. The highest BCUT2D eigenvalue weighted by Gasteiger charge is 2.21. The fourth-order valence-electron chi connectivity index (χ4n) is 4.84. The molecule has 0 atom stereocenters. The molecular formula is C28H43N5. The van der Waals surface area contributed by atoms with E-state index in [-0.39, 0.29) is 0 Å². The average Bonchev–Trinajstić information content (AvgIpc) is 2.80. The molecule has 1 aromatic carbocycles. The Morgan fingerprint density at radius 1 is 0.909 bits per heavy atom. The van der Waals surface area contributed by atoms with E-state index in [1.54, 1.807) is 0 Å². The Balaban J connectivity index is 1.59. The van der Waals surface area contributed by atoms with Gasteiger partial charge in [0.15, 0.2) is 0 Å². The number of nitrogens with zero attached hydrogens (tertiary/aromatic N) is 5. The van der Waals surface area contributed by atoms with Gasteiger partial charge < -0.3 is 14.7 Å². The van der Waals surface area contributed by atoms with Crippen LogP contribution in [0.4, 0.5) is 0 Å². The van der Waals surface area contributed by atoms with Crippen LogP contribution < -0.4 is 0 Å². The lowest BCUT2D eigenvalue weighted by Gasteiger charge is -2.38. The standard InChI is InChI=1S/C28H43N5/c1-8-9-24(5)31-14-12-30(13-15-31)21-27-11-10-23(4)28(20-27)25(6)32-16-18-33(19-17-32)26(7)29-22(2)3/h9-11,20H,2,6,8,12-19,21H2,1,3-5,7H3/b24-9+,29-26?. The molecular weight excluding hydrogens is 406 g/mol. The summed E-state index contributed by atoms with van der Waals surface area (Å²) in [5, 5.41) is 0. The van der Waals surface area contributed by atoms with Gasteiger partial charge in [-0.3, -0.25) is 4.90 Å². The van der Waals surface area contributed by atoms with Gasteiger partial charge in [-0.2, -0.15) is 0 Å². The Kier molecular flexibility index (Phi) is 8.79. The molecule has 2 fully saturated rings. The van der Waals surface area contributed by atoms with Crippen molar-refractivity contribution in [2.45, 2.75) is 47.6 Å². The van der Waals surface area contributed by atoms with Crippen LogP contribution in [0.1, 0.15) is 50.8 Å². The highest BCUT2D eigenvalue weighted by Crippen LogP contribution is 2.25. The Bertz CT molecular complexity index is 897. The monoisotopic (exact) mass is 449 g/mol. The van der Waals surface area contributed by atoms with Gasteiger partial charge in [-0.15, -0.1) is 0 Å². The van der Waals surface area contributed by atoms with Crippen LogP contribution in [-0.2, 0) is 6.54 Å². The Hall–Kier alpha value is -2.53. The lowest BCUT2D eigenvalue weighted by atomic mass is 10.0. The van der Waals surface area contributed by atoms with Crippen LogP contribution in [0.15, 0.2) is 53.8 Å². The van der Waals surface area contributed by atoms with Gasteiger partial charge in [-0.25, -0.2) is 4.99 Å². The third-order valence-electron chi connectivity index (χ3n) is 6.86. The predicted octanol–water partition coefficient (Wildman–Crippen LogP) is 4.97. The van der Waals surface area contributed by atoms with Crippen molar-refractivity contribution in [3.05, 3.63) is 65.5 Å². The molecule has 0 radical (unpaired) electrons. The van der Waals surface area contributed by atoms with Gasteiger partial charge in [0.05, 0.1) is 0 Å². The molecule has 0 spiro atoms. The maximum absolute atomic E-state index is 4.53. The summed E-state index contributed by atoms with van der Waals surface area (Å²) in [5.41, 5.74) is 7.40. The summed E-state index contributed by atoms with van der Waals surface area (Å²) in [5.74, 6) is 1.06. The van der Waals surface area contributed by atoms with Crippen molar-refractivity contribution >= 4 is 11.5 Å². The first-order valence-electron chi connectivity index (χ1n) is 12.4. The number of piperazine rings is 2. The molecule has 1 aromatic rings. The van der Waals surface area contributed by atoms with E-state index >= 15 is 0 Å². The van der Waals surface area contributed by atoms with Crippen LogP contribution in [0.5, 0.6) is 0 Å². The lowest BCUT2D eigenvalue weighted by molar-refractivity contribution is 0.152. The summed E-state index contributed by atoms with van der Waals surface area (Å²) < 4.78 is 0. The molecule has 2 aliphatic heterocycles. The summed E-state index contributed by atoms with van der Waals surface area (Å²) in [6, 6.07) is 6.92. The molecule has 0 bridgehead atoms. The first-order valence-corrected chi connectivity index (χ1v) is 12.4. The smallest absolute Gasteiger partial charge is 0.101 e. The van der Waals surface area contributed by atoms with Gasteiger partial charge in [0.2, 0.25) is 0 Å². The number of amidine groups is 1. The molecule has 0 unspecified atom stereocenters. The summed E-state index contributed by atoms with van der Waals surface area (Å²) in [6.07, 6.45) is 3.45. The second-order valence-electron chi connectivity index (χ2n) is 9.48. The van der Waals surface area contributed by atoms with E-state index in [9.17, 15) is 0 Å². The fourth-order valence-corrected chi connectivity index (χ4v) is 4.84. The van der Waals surface area contributed by atoms with Gasteiger partial charge >= 0.3 is 0 Å². The second-order valence-corrected chi connectivity index (χ2v) is 9.48. The highest BCUT2D eigenvalue weighted by molar-refractivity contribution is 5.80. The normalized spacial score (nSPS) is 18.6. The summed E-state index contributed by atoms with van der Waals surface area (Å²) in [7, 11) is 0. The largest absolute Gasteiger partial charge is 0.373 e. The maximum atomic E-state index is 4.53. The number of aliphatic imine (C=N–C) groups is 1. The first kappa shape index (κ1) is 25.1. The van der Waals surface area contributed by atoms with Gasteiger partial charge in [0, 0.05) is 81.6 Å². The van der Waals surface area contributed by atoms with Gasteiger partial charge in [0.25, 0.3) is 0 Å². The van der Waals surface area contributed by atoms with E-state index in [4.69, 9.17) is 0 Å². The molecule has 2 aliphatic rings. The van der Waals surface area contributed by atoms with Gasteiger partial charge in [0.1, 0.15) is 5.84 Å². The number of allylic oxidation sites excluding steroid dienone is 3. The molecule has 0 N–H and O–H groups in total. The fraction of sp³-hybridized carbons (Fsp3) is 0.536. The zero-order chi connectivity index (χ0) is 24.0. The molecule has 5 heteroatoms. The molecule has 2 heterocycles. The minimum Gasteiger partial charge on any atom is -0.373 e. The third-order valence-corrected chi connectivity index (χ3v) is 6.86. The average molecular weight is 450 g/mol. The van der Waals surface area contributed by atoms with Crippen LogP contribution >= 0.6 is 0 Å². The van der Waals surface area contributed by atoms with Crippen LogP contribution in [-0.4, -0.2) is 77.8 Å². The topological polar surface area (TPSA) is 25.3 Å². The van der Waals surface area contributed by atoms with Gasteiger partial charge in [-0.1, -0.05) is 38.3 Å². The maximum Gasteiger partial charge on any atom is 0.101 e. The number of benzene rings is 1. The van der Waals surface area contributed by atoms with Crippen LogP contribution in [0.3, 0.4) is 0 Å². The quantitative estimate of drug-likeness (QED) is 0.434. The van der Waals surface area contributed by atoms with E-state index in [1.807, 2.05) is 6.92 Å². The molecule has 0 amide bonds. The number of rotatable bonds is 7. The molecule has 0 saturated carbocycles. The Morgan fingerprint density at radius 2 is 1.52 bits per heavy atom. The molecule has 0 aromatic heterocycles. The summed E-state index contributed by atoms with van der Waals surface area (Å²) in [4.78, 5) is 14.4. The van der Waals surface area contributed by atoms with Crippen molar-refractivity contribution in [1.82, 2.24) is 19.6 Å². The predicted molar refractivity (Wildman–Crippen MR) is 142 cm³/mol. The van der Waals surface area contributed by atoms with Crippen molar-refractivity contribution in [3.63, 3.8) is 0 Å². The Labute approximate surface area is 201 Å². The molecule has 180 valence electrons. The Morgan fingerprint density at radius 3 is 2.12 bits per heavy atom. The van der Waals surface area contributed by atoms with Crippen LogP contribution in [0.2, 0.25) is 0 Å². The SMILES string of the molecule is C=C(C)N=C(C)N1CCN(C(=C)c2cc(CN3CCN(/C(C)=C/CC)CC3)ccc2C)CC1. The lowest BCUT2D eigenvalue weighted by Crippen LogP contribution is -2.47. The number of hydrogen-bond acceptors (Lipinski definition) is 4. The third kappa shape index (κ3) is 6.73.